The second kappa shape index (κ2) is 6.92. The van der Waals surface area contributed by atoms with Crippen LogP contribution in [0.15, 0.2) is 5.16 Å². The molecule has 0 spiro atoms. The summed E-state index contributed by atoms with van der Waals surface area (Å²) >= 11 is 0. The van der Waals surface area contributed by atoms with Gasteiger partial charge in [-0.3, -0.25) is 4.79 Å². The number of carbonyl (C=O) groups is 1. The van der Waals surface area contributed by atoms with Gasteiger partial charge < -0.3 is 10.6 Å². The molecular formula is C22H36N2O2. The SMILES string of the molecule is C[C@]12CCC(=NOCCCN)CC1CCC1C2CC[C@]2(C)C(=O)CCC12. The third kappa shape index (κ3) is 2.83. The van der Waals surface area contributed by atoms with Crippen LogP contribution < -0.4 is 5.73 Å². The van der Waals surface area contributed by atoms with E-state index in [1.165, 1.54) is 31.4 Å². The van der Waals surface area contributed by atoms with Gasteiger partial charge in [-0.1, -0.05) is 19.0 Å². The minimum absolute atomic E-state index is 0.00246. The minimum atomic E-state index is 0.00246. The van der Waals surface area contributed by atoms with Gasteiger partial charge in [-0.15, -0.1) is 0 Å². The van der Waals surface area contributed by atoms with Crippen molar-refractivity contribution in [3.05, 3.63) is 0 Å². The van der Waals surface area contributed by atoms with E-state index in [1.807, 2.05) is 0 Å². The summed E-state index contributed by atoms with van der Waals surface area (Å²) in [6, 6.07) is 0. The van der Waals surface area contributed by atoms with Crippen molar-refractivity contribution < 1.29 is 9.63 Å². The van der Waals surface area contributed by atoms with Crippen molar-refractivity contribution in [1.29, 1.82) is 0 Å². The van der Waals surface area contributed by atoms with Crippen LogP contribution in [-0.2, 0) is 9.63 Å². The van der Waals surface area contributed by atoms with Gasteiger partial charge in [-0.2, -0.15) is 0 Å². The molecule has 0 aromatic heterocycles. The lowest BCUT2D eigenvalue weighted by molar-refractivity contribution is -0.137. The predicted molar refractivity (Wildman–Crippen MR) is 104 cm³/mol. The van der Waals surface area contributed by atoms with Crippen LogP contribution in [-0.4, -0.2) is 24.6 Å². The standard InChI is InChI=1S/C22H36N2O2/c1-21-10-8-16(24-26-13-3-12-23)14-15(21)4-5-17-18-6-7-20(25)22(18,2)11-9-19(17)21/h15,17-19H,3-14,23H2,1-2H3/t15?,17?,18?,19?,21-,22-/m0/s1. The zero-order valence-corrected chi connectivity index (χ0v) is 16.6. The van der Waals surface area contributed by atoms with Gasteiger partial charge in [0.25, 0.3) is 0 Å². The summed E-state index contributed by atoms with van der Waals surface area (Å²) in [5, 5.41) is 4.44. The van der Waals surface area contributed by atoms with E-state index in [2.05, 4.69) is 19.0 Å². The van der Waals surface area contributed by atoms with Crippen molar-refractivity contribution in [2.75, 3.05) is 13.2 Å². The Morgan fingerprint density at radius 3 is 2.77 bits per heavy atom. The zero-order chi connectivity index (χ0) is 18.4. The number of nitrogens with two attached hydrogens (primary N) is 1. The fourth-order valence-electron chi connectivity index (χ4n) is 7.20. The van der Waals surface area contributed by atoms with Crippen LogP contribution in [0.5, 0.6) is 0 Å². The first kappa shape index (κ1) is 18.5. The lowest BCUT2D eigenvalue weighted by Crippen LogP contribution is -2.53. The summed E-state index contributed by atoms with van der Waals surface area (Å²) in [6.45, 7) is 6.14. The van der Waals surface area contributed by atoms with Crippen molar-refractivity contribution in [2.24, 2.45) is 45.4 Å². The molecule has 0 saturated heterocycles. The molecule has 4 nitrogen and oxygen atoms in total. The first-order valence-corrected chi connectivity index (χ1v) is 10.9. The smallest absolute Gasteiger partial charge is 0.139 e. The highest BCUT2D eigenvalue weighted by Gasteiger charge is 2.60. The molecule has 0 aliphatic heterocycles. The summed E-state index contributed by atoms with van der Waals surface area (Å²) in [5.41, 5.74) is 7.22. The van der Waals surface area contributed by atoms with Crippen molar-refractivity contribution in [1.82, 2.24) is 0 Å². The molecule has 4 rings (SSSR count). The lowest BCUT2D eigenvalue weighted by atomic mass is 9.45. The van der Waals surface area contributed by atoms with Crippen LogP contribution in [0, 0.1) is 34.5 Å². The largest absolute Gasteiger partial charge is 0.396 e. The van der Waals surface area contributed by atoms with E-state index >= 15 is 0 Å². The minimum Gasteiger partial charge on any atom is -0.396 e. The summed E-state index contributed by atoms with van der Waals surface area (Å²) < 4.78 is 0. The molecule has 4 aliphatic carbocycles. The van der Waals surface area contributed by atoms with Gasteiger partial charge in [0.15, 0.2) is 0 Å². The highest BCUT2D eigenvalue weighted by molar-refractivity contribution is 5.87. The highest BCUT2D eigenvalue weighted by atomic mass is 16.6. The molecule has 26 heavy (non-hydrogen) atoms. The lowest BCUT2D eigenvalue weighted by Gasteiger charge is -2.59. The van der Waals surface area contributed by atoms with E-state index in [-0.39, 0.29) is 5.41 Å². The number of fused-ring (bicyclic) bond motifs is 5. The summed E-state index contributed by atoms with van der Waals surface area (Å²) in [4.78, 5) is 18.0. The Hall–Kier alpha value is -0.900. The Morgan fingerprint density at radius 1 is 1.12 bits per heavy atom. The molecule has 0 radical (unpaired) electrons. The Labute approximate surface area is 158 Å². The Kier molecular flexibility index (Phi) is 4.92. The van der Waals surface area contributed by atoms with Crippen LogP contribution in [0.4, 0.5) is 0 Å². The van der Waals surface area contributed by atoms with Crippen LogP contribution >= 0.6 is 0 Å². The summed E-state index contributed by atoms with van der Waals surface area (Å²) in [7, 11) is 0. The number of ketones is 1. The molecule has 0 heterocycles. The molecule has 0 bridgehead atoms. The zero-order valence-electron chi connectivity index (χ0n) is 16.6. The molecule has 0 aromatic carbocycles. The molecule has 4 saturated carbocycles. The van der Waals surface area contributed by atoms with Crippen LogP contribution in [0.25, 0.3) is 0 Å². The van der Waals surface area contributed by atoms with Gasteiger partial charge in [-0.05, 0) is 93.4 Å². The molecule has 6 atom stereocenters. The number of rotatable bonds is 4. The molecule has 2 N–H and O–H groups in total. The maximum Gasteiger partial charge on any atom is 0.139 e. The van der Waals surface area contributed by atoms with Gasteiger partial charge in [0.2, 0.25) is 0 Å². The van der Waals surface area contributed by atoms with Crippen LogP contribution in [0.2, 0.25) is 0 Å². The van der Waals surface area contributed by atoms with Crippen LogP contribution in [0.3, 0.4) is 0 Å². The van der Waals surface area contributed by atoms with E-state index < -0.39 is 0 Å². The third-order valence-corrected chi connectivity index (χ3v) is 8.84. The molecule has 4 heteroatoms. The second-order valence-electron chi connectivity index (χ2n) is 9.91. The molecule has 0 amide bonds. The van der Waals surface area contributed by atoms with E-state index in [1.54, 1.807) is 0 Å². The van der Waals surface area contributed by atoms with Crippen molar-refractivity contribution in [3.8, 4) is 0 Å². The van der Waals surface area contributed by atoms with Crippen molar-refractivity contribution >= 4 is 11.5 Å². The Balaban J connectivity index is 1.46. The number of oxime groups is 1. The number of hydrogen-bond donors (Lipinski definition) is 1. The maximum atomic E-state index is 12.5. The van der Waals surface area contributed by atoms with Crippen LogP contribution in [0.1, 0.15) is 78.1 Å². The number of carbonyl (C=O) groups excluding carboxylic acids is 1. The van der Waals surface area contributed by atoms with E-state index in [4.69, 9.17) is 10.6 Å². The fourth-order valence-corrected chi connectivity index (χ4v) is 7.20. The summed E-state index contributed by atoms with van der Waals surface area (Å²) in [6.07, 6.45) is 11.3. The Morgan fingerprint density at radius 2 is 1.96 bits per heavy atom. The van der Waals surface area contributed by atoms with Crippen molar-refractivity contribution in [2.45, 2.75) is 78.1 Å². The fraction of sp³-hybridized carbons (Fsp3) is 0.909. The average molecular weight is 361 g/mol. The maximum absolute atomic E-state index is 12.5. The number of Topliss-reactive ketones (excluding diaryl/α,β-unsaturated/α-hetero) is 1. The molecular weight excluding hydrogens is 324 g/mol. The van der Waals surface area contributed by atoms with E-state index in [0.29, 0.717) is 30.3 Å². The average Bonchev–Trinajstić information content (AvgIpc) is 2.94. The first-order chi connectivity index (χ1) is 12.5. The van der Waals surface area contributed by atoms with E-state index in [0.717, 1.165) is 56.3 Å². The number of hydrogen-bond acceptors (Lipinski definition) is 4. The molecule has 4 fully saturated rings. The van der Waals surface area contributed by atoms with Crippen molar-refractivity contribution in [3.63, 3.8) is 0 Å². The summed E-state index contributed by atoms with van der Waals surface area (Å²) in [5.74, 6) is 3.54. The topological polar surface area (TPSA) is 64.7 Å². The monoisotopic (exact) mass is 360 g/mol. The molecule has 146 valence electrons. The van der Waals surface area contributed by atoms with E-state index in [9.17, 15) is 4.79 Å². The predicted octanol–water partition coefficient (Wildman–Crippen LogP) is 4.32. The molecule has 0 aromatic rings. The first-order valence-electron chi connectivity index (χ1n) is 10.9. The molecule has 4 unspecified atom stereocenters. The third-order valence-electron chi connectivity index (χ3n) is 8.84. The van der Waals surface area contributed by atoms with Gasteiger partial charge in [0.1, 0.15) is 12.4 Å². The number of nitrogens with zero attached hydrogens (tertiary/aromatic N) is 1. The van der Waals surface area contributed by atoms with Gasteiger partial charge in [0, 0.05) is 11.8 Å². The second-order valence-corrected chi connectivity index (χ2v) is 9.91. The normalized spacial score (nSPS) is 46.6. The van der Waals surface area contributed by atoms with Gasteiger partial charge in [0.05, 0.1) is 5.71 Å². The molecule has 4 aliphatic rings. The van der Waals surface area contributed by atoms with Gasteiger partial charge >= 0.3 is 0 Å². The highest BCUT2D eigenvalue weighted by Crippen LogP contribution is 2.65. The quantitative estimate of drug-likeness (QED) is 0.600. The van der Waals surface area contributed by atoms with Gasteiger partial charge in [-0.25, -0.2) is 0 Å². The Bertz CT molecular complexity index is 589.